The van der Waals surface area contributed by atoms with Gasteiger partial charge >= 0.3 is 6.01 Å². The molecule has 6 nitrogen and oxygen atoms in total. The van der Waals surface area contributed by atoms with E-state index in [-0.39, 0.29) is 17.6 Å². The van der Waals surface area contributed by atoms with Gasteiger partial charge in [0.25, 0.3) is 0 Å². The molecule has 0 fully saturated rings. The van der Waals surface area contributed by atoms with E-state index in [0.29, 0.717) is 11.3 Å². The summed E-state index contributed by atoms with van der Waals surface area (Å²) in [4.78, 5) is 7.98. The van der Waals surface area contributed by atoms with Crippen molar-refractivity contribution in [3.8, 4) is 23.1 Å². The van der Waals surface area contributed by atoms with Crippen LogP contribution in [0.15, 0.2) is 18.3 Å². The third-order valence-electron chi connectivity index (χ3n) is 2.05. The highest BCUT2D eigenvalue weighted by Crippen LogP contribution is 2.26. The van der Waals surface area contributed by atoms with Gasteiger partial charge in [-0.2, -0.15) is 15.2 Å². The first-order valence-electron chi connectivity index (χ1n) is 6.25. The molecule has 0 aliphatic rings. The van der Waals surface area contributed by atoms with Crippen LogP contribution in [0.2, 0.25) is 0 Å². The topological polar surface area (TPSA) is 70.0 Å². The van der Waals surface area contributed by atoms with Crippen LogP contribution in [0.25, 0.3) is 11.3 Å². The lowest BCUT2D eigenvalue weighted by molar-refractivity contribution is 0.353. The van der Waals surface area contributed by atoms with E-state index in [1.54, 1.807) is 0 Å². The fourth-order valence-electron chi connectivity index (χ4n) is 1.26. The number of hydrogen-bond donors (Lipinski definition) is 0. The predicted molar refractivity (Wildman–Crippen MR) is 60.9 cm³/mol. The van der Waals surface area contributed by atoms with Crippen LogP contribution in [-0.2, 0) is 0 Å². The quantitative estimate of drug-likeness (QED) is 0.797. The second kappa shape index (κ2) is 4.73. The third-order valence-corrected chi connectivity index (χ3v) is 2.05. The van der Waals surface area contributed by atoms with Crippen molar-refractivity contribution in [2.75, 3.05) is 14.2 Å². The van der Waals surface area contributed by atoms with E-state index in [9.17, 15) is 0 Å². The molecule has 0 bridgehead atoms. The average Bonchev–Trinajstić information content (AvgIpc) is 2.45. The molecular weight excluding hydrogens is 220 g/mol. The lowest BCUT2D eigenvalue weighted by Gasteiger charge is -2.07. The van der Waals surface area contributed by atoms with Crippen LogP contribution in [0.4, 0.5) is 0 Å². The molecule has 0 saturated carbocycles. The Balaban J connectivity index is 2.41. The van der Waals surface area contributed by atoms with Crippen LogP contribution in [0, 0.1) is 6.85 Å². The van der Waals surface area contributed by atoms with Crippen LogP contribution in [0.5, 0.6) is 11.9 Å². The first kappa shape index (κ1) is 7.94. The van der Waals surface area contributed by atoms with Gasteiger partial charge in [-0.1, -0.05) is 0 Å². The third kappa shape index (κ3) is 2.30. The van der Waals surface area contributed by atoms with Gasteiger partial charge in [0.1, 0.15) is 0 Å². The first-order chi connectivity index (χ1) is 9.45. The fourth-order valence-corrected chi connectivity index (χ4v) is 1.26. The Morgan fingerprint density at radius 2 is 2.06 bits per heavy atom. The summed E-state index contributed by atoms with van der Waals surface area (Å²) in [5, 5.41) is 7.56. The molecule has 2 aromatic heterocycles. The van der Waals surface area contributed by atoms with Crippen molar-refractivity contribution in [3.63, 3.8) is 0 Å². The monoisotopic (exact) mass is 235 g/mol. The molecule has 0 radical (unpaired) electrons. The molecule has 0 amide bonds. The molecule has 17 heavy (non-hydrogen) atoms. The maximum Gasteiger partial charge on any atom is 0.319 e. The number of aryl methyl sites for hydroxylation is 1. The van der Waals surface area contributed by atoms with E-state index in [1.165, 1.54) is 32.5 Å². The second-order valence-corrected chi connectivity index (χ2v) is 3.08. The number of rotatable bonds is 3. The minimum atomic E-state index is -2.29. The van der Waals surface area contributed by atoms with Gasteiger partial charge in [0.15, 0.2) is 0 Å². The first-order valence-corrected chi connectivity index (χ1v) is 4.75. The Morgan fingerprint density at radius 3 is 2.65 bits per heavy atom. The molecule has 0 aromatic carbocycles. The Hall–Kier alpha value is -2.24. The van der Waals surface area contributed by atoms with Crippen LogP contribution >= 0.6 is 0 Å². The minimum absolute atomic E-state index is 0.0744. The summed E-state index contributed by atoms with van der Waals surface area (Å²) in [6.07, 6.45) is 1.48. The second-order valence-electron chi connectivity index (χ2n) is 3.08. The van der Waals surface area contributed by atoms with E-state index in [0.717, 1.165) is 0 Å². The molecule has 88 valence electrons. The normalized spacial score (nSPS) is 13.4. The number of nitrogens with zero attached hydrogens (tertiary/aromatic N) is 4. The summed E-state index contributed by atoms with van der Waals surface area (Å²) in [7, 11) is 2.90. The highest BCUT2D eigenvalue weighted by atomic mass is 16.5. The highest BCUT2D eigenvalue weighted by molar-refractivity contribution is 5.63. The Bertz CT molecular complexity index is 602. The van der Waals surface area contributed by atoms with E-state index in [2.05, 4.69) is 20.2 Å². The summed E-state index contributed by atoms with van der Waals surface area (Å²) in [6, 6.07) is 3.08. The molecular formula is C11H12N4O2. The smallest absolute Gasteiger partial charge is 0.319 e. The highest BCUT2D eigenvalue weighted by Gasteiger charge is 2.11. The largest absolute Gasteiger partial charge is 0.480 e. The van der Waals surface area contributed by atoms with Gasteiger partial charge in [-0.15, -0.1) is 0 Å². The Labute approximate surface area is 103 Å². The molecule has 0 N–H and O–H groups in total. The van der Waals surface area contributed by atoms with Crippen molar-refractivity contribution < 1.29 is 13.6 Å². The van der Waals surface area contributed by atoms with Crippen molar-refractivity contribution in [1.29, 1.82) is 0 Å². The van der Waals surface area contributed by atoms with Crippen LogP contribution in [-0.4, -0.2) is 34.4 Å². The zero-order valence-corrected chi connectivity index (χ0v) is 9.34. The standard InChI is InChI=1S/C11H12N4O2/c1-7-4-5-9(15-14-7)8-6-12-11(17-3)13-10(8)16-2/h4-6H,1-3H3/i1D3. The van der Waals surface area contributed by atoms with Crippen LogP contribution < -0.4 is 9.47 Å². The van der Waals surface area contributed by atoms with Crippen molar-refractivity contribution >= 4 is 0 Å². The average molecular weight is 235 g/mol. The summed E-state index contributed by atoms with van der Waals surface area (Å²) in [6.45, 7) is -2.29. The van der Waals surface area contributed by atoms with E-state index in [4.69, 9.17) is 13.6 Å². The van der Waals surface area contributed by atoms with Gasteiger partial charge in [0.2, 0.25) is 5.88 Å². The van der Waals surface area contributed by atoms with Crippen LogP contribution in [0.3, 0.4) is 0 Å². The molecule has 2 rings (SSSR count). The van der Waals surface area contributed by atoms with Crippen LogP contribution in [0.1, 0.15) is 9.81 Å². The summed E-state index contributed by atoms with van der Waals surface area (Å²) < 4.78 is 31.8. The molecule has 2 aromatic rings. The molecule has 0 aliphatic carbocycles. The summed E-state index contributed by atoms with van der Waals surface area (Å²) in [5.74, 6) is 0.271. The molecule has 0 saturated heterocycles. The zero-order valence-electron chi connectivity index (χ0n) is 12.3. The SMILES string of the molecule is [2H]C([2H])([2H])c1ccc(-c2cnc(OC)nc2OC)nn1. The van der Waals surface area contributed by atoms with Gasteiger partial charge in [-0.25, -0.2) is 4.98 Å². The van der Waals surface area contributed by atoms with Gasteiger partial charge in [-0.3, -0.25) is 0 Å². The van der Waals surface area contributed by atoms with Crippen molar-refractivity contribution in [2.45, 2.75) is 6.85 Å². The molecule has 6 heteroatoms. The van der Waals surface area contributed by atoms with Crippen molar-refractivity contribution in [3.05, 3.63) is 24.0 Å². The molecule has 0 aliphatic heterocycles. The molecule has 0 atom stereocenters. The lowest BCUT2D eigenvalue weighted by Crippen LogP contribution is -1.99. The van der Waals surface area contributed by atoms with E-state index >= 15 is 0 Å². The Morgan fingerprint density at radius 1 is 1.18 bits per heavy atom. The molecule has 0 spiro atoms. The number of methoxy groups -OCH3 is 2. The van der Waals surface area contributed by atoms with Gasteiger partial charge in [0, 0.05) is 10.3 Å². The number of ether oxygens (including phenoxy) is 2. The van der Waals surface area contributed by atoms with Crippen molar-refractivity contribution in [1.82, 2.24) is 20.2 Å². The van der Waals surface area contributed by atoms with E-state index < -0.39 is 6.85 Å². The van der Waals surface area contributed by atoms with Crippen molar-refractivity contribution in [2.24, 2.45) is 0 Å². The van der Waals surface area contributed by atoms with E-state index in [1.807, 2.05) is 0 Å². The zero-order chi connectivity index (χ0) is 14.8. The lowest BCUT2D eigenvalue weighted by atomic mass is 10.2. The maximum absolute atomic E-state index is 7.24. The Kier molecular flexibility index (Phi) is 2.21. The minimum Gasteiger partial charge on any atom is -0.480 e. The van der Waals surface area contributed by atoms with Gasteiger partial charge in [0.05, 0.1) is 31.2 Å². The van der Waals surface area contributed by atoms with Gasteiger partial charge < -0.3 is 9.47 Å². The number of hydrogen-bond acceptors (Lipinski definition) is 6. The molecule has 2 heterocycles. The molecule has 0 unspecified atom stereocenters. The maximum atomic E-state index is 7.24. The van der Waals surface area contributed by atoms with Gasteiger partial charge in [-0.05, 0) is 19.0 Å². The predicted octanol–water partition coefficient (Wildman–Crippen LogP) is 1.26. The number of aromatic nitrogens is 4. The summed E-state index contributed by atoms with van der Waals surface area (Å²) >= 11 is 0. The fraction of sp³-hybridized carbons (Fsp3) is 0.273. The summed E-state index contributed by atoms with van der Waals surface area (Å²) in [5.41, 5.74) is 0.838.